The molecule has 64 valence electrons. The van der Waals surface area contributed by atoms with Crippen molar-refractivity contribution in [2.24, 2.45) is 0 Å². The predicted octanol–water partition coefficient (Wildman–Crippen LogP) is 1.94. The number of nitriles is 1. The lowest BCUT2D eigenvalue weighted by atomic mass is 10.2. The number of rotatable bonds is 4. The van der Waals surface area contributed by atoms with E-state index in [4.69, 9.17) is 5.26 Å². The van der Waals surface area contributed by atoms with E-state index in [0.717, 1.165) is 13.0 Å². The minimum atomic E-state index is 0.645. The molecule has 12 heavy (non-hydrogen) atoms. The second kappa shape index (κ2) is 4.55. The van der Waals surface area contributed by atoms with Crippen LogP contribution in [0, 0.1) is 11.3 Å². The molecule has 1 heterocycles. The number of aryl methyl sites for hydroxylation is 1. The van der Waals surface area contributed by atoms with Gasteiger partial charge in [0.15, 0.2) is 0 Å². The van der Waals surface area contributed by atoms with Crippen molar-refractivity contribution in [3.8, 4) is 6.07 Å². The van der Waals surface area contributed by atoms with Gasteiger partial charge >= 0.3 is 0 Å². The number of hydrogen-bond donors (Lipinski definition) is 0. The quantitative estimate of drug-likeness (QED) is 0.636. The molecule has 0 saturated carbocycles. The van der Waals surface area contributed by atoms with Gasteiger partial charge in [-0.25, -0.2) is 0 Å². The fourth-order valence-electron chi connectivity index (χ4n) is 1.07. The van der Waals surface area contributed by atoms with E-state index in [1.807, 2.05) is 4.68 Å². The summed E-state index contributed by atoms with van der Waals surface area (Å²) in [5.74, 6) is 0. The summed E-state index contributed by atoms with van der Waals surface area (Å²) >= 11 is 0. The zero-order valence-electron chi connectivity index (χ0n) is 7.32. The molecular formula is C9H13N3. The van der Waals surface area contributed by atoms with E-state index in [1.165, 1.54) is 12.8 Å². The second-order valence-corrected chi connectivity index (χ2v) is 2.81. The summed E-state index contributed by atoms with van der Waals surface area (Å²) in [7, 11) is 0. The van der Waals surface area contributed by atoms with Crippen LogP contribution >= 0.6 is 0 Å². The highest BCUT2D eigenvalue weighted by molar-refractivity contribution is 5.21. The Morgan fingerprint density at radius 3 is 3.00 bits per heavy atom. The van der Waals surface area contributed by atoms with Gasteiger partial charge in [-0.15, -0.1) is 0 Å². The summed E-state index contributed by atoms with van der Waals surface area (Å²) in [6.07, 6.45) is 6.97. The van der Waals surface area contributed by atoms with E-state index < -0.39 is 0 Å². The highest BCUT2D eigenvalue weighted by atomic mass is 15.3. The SMILES string of the molecule is CCCCCn1cc(C#N)cn1. The zero-order valence-corrected chi connectivity index (χ0v) is 7.32. The number of nitrogens with zero attached hydrogens (tertiary/aromatic N) is 3. The van der Waals surface area contributed by atoms with E-state index in [2.05, 4.69) is 18.1 Å². The summed E-state index contributed by atoms with van der Waals surface area (Å²) in [6.45, 7) is 3.10. The van der Waals surface area contributed by atoms with E-state index in [0.29, 0.717) is 5.56 Å². The van der Waals surface area contributed by atoms with Crippen LogP contribution in [-0.2, 0) is 6.54 Å². The fourth-order valence-corrected chi connectivity index (χ4v) is 1.07. The average Bonchev–Trinajstić information content (AvgIpc) is 2.53. The van der Waals surface area contributed by atoms with Gasteiger partial charge in [-0.3, -0.25) is 4.68 Å². The van der Waals surface area contributed by atoms with Crippen molar-refractivity contribution in [3.63, 3.8) is 0 Å². The van der Waals surface area contributed by atoms with Gasteiger partial charge in [0.05, 0.1) is 11.8 Å². The maximum absolute atomic E-state index is 8.52. The molecule has 0 bridgehead atoms. The maximum Gasteiger partial charge on any atom is 0.102 e. The van der Waals surface area contributed by atoms with Crippen molar-refractivity contribution in [3.05, 3.63) is 18.0 Å². The fraction of sp³-hybridized carbons (Fsp3) is 0.556. The van der Waals surface area contributed by atoms with E-state index in [9.17, 15) is 0 Å². The van der Waals surface area contributed by atoms with Gasteiger partial charge in [-0.2, -0.15) is 10.4 Å². The third-order valence-corrected chi connectivity index (χ3v) is 1.75. The van der Waals surface area contributed by atoms with Crippen molar-refractivity contribution in [2.75, 3.05) is 0 Å². The summed E-state index contributed by atoms with van der Waals surface area (Å²) in [6, 6.07) is 2.05. The van der Waals surface area contributed by atoms with Gasteiger partial charge in [0.1, 0.15) is 6.07 Å². The van der Waals surface area contributed by atoms with Crippen molar-refractivity contribution >= 4 is 0 Å². The Kier molecular flexibility index (Phi) is 3.34. The molecule has 0 N–H and O–H groups in total. The third-order valence-electron chi connectivity index (χ3n) is 1.75. The van der Waals surface area contributed by atoms with Crippen LogP contribution in [0.3, 0.4) is 0 Å². The monoisotopic (exact) mass is 163 g/mol. The van der Waals surface area contributed by atoms with Gasteiger partial charge in [-0.1, -0.05) is 19.8 Å². The molecule has 0 amide bonds. The summed E-state index contributed by atoms with van der Waals surface area (Å²) < 4.78 is 1.83. The standard InChI is InChI=1S/C9H13N3/c1-2-3-4-5-12-8-9(6-10)7-11-12/h7-8H,2-5H2,1H3. The summed E-state index contributed by atoms with van der Waals surface area (Å²) in [5, 5.41) is 12.6. The lowest BCUT2D eigenvalue weighted by Gasteiger charge is -1.97. The topological polar surface area (TPSA) is 41.6 Å². The van der Waals surface area contributed by atoms with Crippen molar-refractivity contribution in [2.45, 2.75) is 32.7 Å². The molecule has 0 spiro atoms. The second-order valence-electron chi connectivity index (χ2n) is 2.81. The molecule has 0 atom stereocenters. The van der Waals surface area contributed by atoms with Crippen molar-refractivity contribution < 1.29 is 0 Å². The Morgan fingerprint density at radius 1 is 1.58 bits per heavy atom. The first-order chi connectivity index (χ1) is 5.86. The molecule has 0 radical (unpaired) electrons. The molecule has 0 fully saturated rings. The Labute approximate surface area is 72.6 Å². The maximum atomic E-state index is 8.52. The first-order valence-electron chi connectivity index (χ1n) is 4.29. The summed E-state index contributed by atoms with van der Waals surface area (Å²) in [4.78, 5) is 0. The van der Waals surface area contributed by atoms with Crippen LogP contribution in [0.15, 0.2) is 12.4 Å². The largest absolute Gasteiger partial charge is 0.271 e. The molecule has 0 saturated heterocycles. The van der Waals surface area contributed by atoms with E-state index in [-0.39, 0.29) is 0 Å². The van der Waals surface area contributed by atoms with Crippen LogP contribution in [0.2, 0.25) is 0 Å². The van der Waals surface area contributed by atoms with Gasteiger partial charge in [0.2, 0.25) is 0 Å². The Bertz CT molecular complexity index is 270. The molecule has 0 aromatic carbocycles. The van der Waals surface area contributed by atoms with Gasteiger partial charge in [-0.05, 0) is 6.42 Å². The average molecular weight is 163 g/mol. The van der Waals surface area contributed by atoms with Gasteiger partial charge < -0.3 is 0 Å². The third kappa shape index (κ3) is 2.39. The normalized spacial score (nSPS) is 9.67. The van der Waals surface area contributed by atoms with Crippen LogP contribution in [0.4, 0.5) is 0 Å². The highest BCUT2D eigenvalue weighted by Gasteiger charge is 1.95. The Balaban J connectivity index is 2.38. The molecule has 0 aliphatic rings. The Hall–Kier alpha value is -1.30. The molecule has 1 aromatic heterocycles. The lowest BCUT2D eigenvalue weighted by molar-refractivity contribution is 0.553. The van der Waals surface area contributed by atoms with Crippen LogP contribution in [0.1, 0.15) is 31.7 Å². The first kappa shape index (κ1) is 8.79. The number of hydrogen-bond acceptors (Lipinski definition) is 2. The first-order valence-corrected chi connectivity index (χ1v) is 4.29. The predicted molar refractivity (Wildman–Crippen MR) is 46.5 cm³/mol. The van der Waals surface area contributed by atoms with E-state index in [1.54, 1.807) is 12.4 Å². The molecule has 0 unspecified atom stereocenters. The summed E-state index contributed by atoms with van der Waals surface area (Å²) in [5.41, 5.74) is 0.645. The molecule has 3 nitrogen and oxygen atoms in total. The van der Waals surface area contributed by atoms with E-state index >= 15 is 0 Å². The van der Waals surface area contributed by atoms with Gasteiger partial charge in [0, 0.05) is 12.7 Å². The molecule has 0 aliphatic carbocycles. The van der Waals surface area contributed by atoms with Gasteiger partial charge in [0.25, 0.3) is 0 Å². The van der Waals surface area contributed by atoms with Crippen LogP contribution in [-0.4, -0.2) is 9.78 Å². The van der Waals surface area contributed by atoms with Crippen LogP contribution < -0.4 is 0 Å². The smallest absolute Gasteiger partial charge is 0.102 e. The lowest BCUT2D eigenvalue weighted by Crippen LogP contribution is -1.97. The number of aromatic nitrogens is 2. The Morgan fingerprint density at radius 2 is 2.42 bits per heavy atom. The molecule has 0 aliphatic heterocycles. The number of unbranched alkanes of at least 4 members (excludes halogenated alkanes) is 2. The molecular weight excluding hydrogens is 150 g/mol. The molecule has 3 heteroatoms. The minimum absolute atomic E-state index is 0.645. The zero-order chi connectivity index (χ0) is 8.81. The highest BCUT2D eigenvalue weighted by Crippen LogP contribution is 1.99. The molecule has 1 rings (SSSR count). The van der Waals surface area contributed by atoms with Crippen molar-refractivity contribution in [1.29, 1.82) is 5.26 Å². The van der Waals surface area contributed by atoms with Crippen molar-refractivity contribution in [1.82, 2.24) is 9.78 Å². The van der Waals surface area contributed by atoms with Crippen LogP contribution in [0.5, 0.6) is 0 Å². The van der Waals surface area contributed by atoms with Crippen LogP contribution in [0.25, 0.3) is 0 Å². The minimum Gasteiger partial charge on any atom is -0.271 e. The molecule has 1 aromatic rings.